The highest BCUT2D eigenvalue weighted by atomic mass is 32.1. The number of nitrogens with zero attached hydrogens (tertiary/aromatic N) is 2. The first kappa shape index (κ1) is 16.2. The van der Waals surface area contributed by atoms with Crippen LogP contribution < -0.4 is 10.2 Å². The van der Waals surface area contributed by atoms with Gasteiger partial charge in [0.25, 0.3) is 11.8 Å². The van der Waals surface area contributed by atoms with Crippen molar-refractivity contribution in [3.8, 4) is 10.4 Å². The average molecular weight is 380 g/mol. The number of nitrogens with one attached hydrogen (secondary N) is 2. The molecule has 0 radical (unpaired) electrons. The zero-order chi connectivity index (χ0) is 17.9. The van der Waals surface area contributed by atoms with Crippen molar-refractivity contribution in [3.05, 3.63) is 22.8 Å². The second kappa shape index (κ2) is 5.75. The molecule has 1 saturated heterocycles. The lowest BCUT2D eigenvalue weighted by Crippen LogP contribution is -2.51. The number of aromatic amines is 1. The number of hydrogen-bond acceptors (Lipinski definition) is 5. The summed E-state index contributed by atoms with van der Waals surface area (Å²) in [7, 11) is 0. The molecule has 3 aliphatic heterocycles. The van der Waals surface area contributed by atoms with Crippen molar-refractivity contribution in [2.24, 2.45) is 0 Å². The van der Waals surface area contributed by atoms with Gasteiger partial charge in [-0.25, -0.2) is 8.78 Å². The van der Waals surface area contributed by atoms with Gasteiger partial charge in [-0.1, -0.05) is 0 Å². The minimum Gasteiger partial charge on any atom is -0.376 e. The highest BCUT2D eigenvalue weighted by molar-refractivity contribution is 7.18. The van der Waals surface area contributed by atoms with Crippen LogP contribution in [0.5, 0.6) is 0 Å². The van der Waals surface area contributed by atoms with E-state index in [0.717, 1.165) is 18.4 Å². The molecule has 2 aromatic rings. The maximum Gasteiger partial charge on any atom is 0.269 e. The third-order valence-corrected chi connectivity index (χ3v) is 6.54. The Bertz CT molecular complexity index is 845. The third-order valence-electron chi connectivity index (χ3n) is 5.27. The molecule has 5 heterocycles. The van der Waals surface area contributed by atoms with Crippen LogP contribution in [0, 0.1) is 0 Å². The summed E-state index contributed by atoms with van der Waals surface area (Å²) in [4.78, 5) is 15.7. The molecule has 2 N–H and O–H groups in total. The lowest BCUT2D eigenvalue weighted by Gasteiger charge is -2.36. The van der Waals surface area contributed by atoms with Crippen LogP contribution in [0.2, 0.25) is 0 Å². The summed E-state index contributed by atoms with van der Waals surface area (Å²) in [6.07, 6.45) is 4.59. The smallest absolute Gasteiger partial charge is 0.269 e. The van der Waals surface area contributed by atoms with Gasteiger partial charge in [0, 0.05) is 41.8 Å². The first-order valence-electron chi connectivity index (χ1n) is 8.72. The molecule has 26 heavy (non-hydrogen) atoms. The molecule has 0 saturated carbocycles. The van der Waals surface area contributed by atoms with Crippen molar-refractivity contribution >= 4 is 22.9 Å². The molecular weight excluding hydrogens is 362 g/mol. The van der Waals surface area contributed by atoms with Crippen LogP contribution in [0.4, 0.5) is 14.5 Å². The lowest BCUT2D eigenvalue weighted by molar-refractivity contribution is 0.00412. The second-order valence-corrected chi connectivity index (χ2v) is 8.14. The fourth-order valence-corrected chi connectivity index (χ4v) is 5.42. The Kier molecular flexibility index (Phi) is 3.58. The van der Waals surface area contributed by atoms with Gasteiger partial charge in [0.05, 0.1) is 30.6 Å². The van der Waals surface area contributed by atoms with E-state index in [1.165, 1.54) is 11.3 Å². The highest BCUT2D eigenvalue weighted by Gasteiger charge is 2.46. The number of amides is 1. The summed E-state index contributed by atoms with van der Waals surface area (Å²) < 4.78 is 34.7. The SMILES string of the molecule is O=C1NC(C2CCCO2)CN2CC(F)(F)Cc3c(-c4cn[nH]c4)sc1c32. The molecule has 1 fully saturated rings. The van der Waals surface area contributed by atoms with Gasteiger partial charge < -0.3 is 15.0 Å². The fraction of sp³-hybridized carbons (Fsp3) is 0.529. The van der Waals surface area contributed by atoms with Gasteiger partial charge in [-0.3, -0.25) is 9.89 Å². The van der Waals surface area contributed by atoms with E-state index in [1.54, 1.807) is 17.3 Å². The summed E-state index contributed by atoms with van der Waals surface area (Å²) in [5.74, 6) is -3.03. The van der Waals surface area contributed by atoms with Crippen molar-refractivity contribution in [2.45, 2.75) is 37.3 Å². The molecule has 0 aromatic carbocycles. The van der Waals surface area contributed by atoms with Crippen LogP contribution in [0.3, 0.4) is 0 Å². The molecule has 138 valence electrons. The number of alkyl halides is 2. The highest BCUT2D eigenvalue weighted by Crippen LogP contribution is 2.48. The Hall–Kier alpha value is -2.00. The van der Waals surface area contributed by atoms with Gasteiger partial charge in [-0.2, -0.15) is 5.10 Å². The molecule has 2 unspecified atom stereocenters. The first-order chi connectivity index (χ1) is 12.5. The predicted molar refractivity (Wildman–Crippen MR) is 93.0 cm³/mol. The number of halogens is 2. The Morgan fingerprint density at radius 3 is 3.00 bits per heavy atom. The summed E-state index contributed by atoms with van der Waals surface area (Å²) >= 11 is 1.27. The van der Waals surface area contributed by atoms with Gasteiger partial charge in [0.1, 0.15) is 4.88 Å². The van der Waals surface area contributed by atoms with Gasteiger partial charge in [0.2, 0.25) is 0 Å². The number of thiophene rings is 1. The van der Waals surface area contributed by atoms with Crippen molar-refractivity contribution < 1.29 is 18.3 Å². The minimum atomic E-state index is -2.84. The molecule has 1 amide bonds. The standard InChI is InChI=1S/C17H18F2N4O2S/c18-17(19)4-10-13-15(26-14(10)9-5-20-21-6-9)16(24)22-11(7-23(13)8-17)12-2-1-3-25-12/h5-6,11-12H,1-4,7-8H2,(H,20,21)(H,22,24). The van der Waals surface area contributed by atoms with E-state index in [-0.39, 0.29) is 31.0 Å². The summed E-state index contributed by atoms with van der Waals surface area (Å²) in [5.41, 5.74) is 1.94. The van der Waals surface area contributed by atoms with E-state index in [1.807, 2.05) is 0 Å². The second-order valence-electron chi connectivity index (χ2n) is 7.12. The zero-order valence-corrected chi connectivity index (χ0v) is 14.7. The molecule has 2 aromatic heterocycles. The topological polar surface area (TPSA) is 70.2 Å². The number of carbonyl (C=O) groups is 1. The van der Waals surface area contributed by atoms with E-state index in [2.05, 4.69) is 15.5 Å². The molecule has 6 nitrogen and oxygen atoms in total. The van der Waals surface area contributed by atoms with Gasteiger partial charge >= 0.3 is 0 Å². The number of H-pyrrole nitrogens is 1. The van der Waals surface area contributed by atoms with Crippen LogP contribution in [-0.2, 0) is 11.2 Å². The zero-order valence-electron chi connectivity index (χ0n) is 13.9. The molecule has 0 spiro atoms. The number of carbonyl (C=O) groups excluding carboxylic acids is 1. The first-order valence-corrected chi connectivity index (χ1v) is 9.53. The largest absolute Gasteiger partial charge is 0.376 e. The Morgan fingerprint density at radius 2 is 2.27 bits per heavy atom. The summed E-state index contributed by atoms with van der Waals surface area (Å²) in [5, 5.41) is 9.65. The van der Waals surface area contributed by atoms with Crippen molar-refractivity contribution in [1.82, 2.24) is 15.5 Å². The number of rotatable bonds is 2. The van der Waals surface area contributed by atoms with Crippen LogP contribution in [0.15, 0.2) is 12.4 Å². The maximum atomic E-state index is 14.5. The number of hydrogen-bond donors (Lipinski definition) is 2. The molecule has 2 atom stereocenters. The minimum absolute atomic E-state index is 0.111. The van der Waals surface area contributed by atoms with Crippen LogP contribution >= 0.6 is 11.3 Å². The molecule has 0 bridgehead atoms. The monoisotopic (exact) mass is 380 g/mol. The Balaban J connectivity index is 1.61. The van der Waals surface area contributed by atoms with Crippen molar-refractivity contribution in [1.29, 1.82) is 0 Å². The van der Waals surface area contributed by atoms with E-state index < -0.39 is 5.92 Å². The quantitative estimate of drug-likeness (QED) is 0.840. The molecule has 0 aliphatic carbocycles. The van der Waals surface area contributed by atoms with E-state index in [0.29, 0.717) is 34.2 Å². The fourth-order valence-electron chi connectivity index (χ4n) is 4.19. The van der Waals surface area contributed by atoms with Gasteiger partial charge in [-0.15, -0.1) is 11.3 Å². The van der Waals surface area contributed by atoms with E-state index in [9.17, 15) is 13.6 Å². The molecule has 9 heteroatoms. The van der Waals surface area contributed by atoms with Crippen molar-refractivity contribution in [3.63, 3.8) is 0 Å². The van der Waals surface area contributed by atoms with Crippen LogP contribution in [0.25, 0.3) is 10.4 Å². The van der Waals surface area contributed by atoms with Gasteiger partial charge in [-0.05, 0) is 12.8 Å². The number of ether oxygens (including phenoxy) is 1. The van der Waals surface area contributed by atoms with E-state index >= 15 is 0 Å². The van der Waals surface area contributed by atoms with Crippen LogP contribution in [0.1, 0.15) is 28.1 Å². The summed E-state index contributed by atoms with van der Waals surface area (Å²) in [6.45, 7) is 0.630. The average Bonchev–Trinajstić information content (AvgIpc) is 3.31. The summed E-state index contributed by atoms with van der Waals surface area (Å²) in [6, 6.07) is -0.274. The maximum absolute atomic E-state index is 14.5. The molecule has 3 aliphatic rings. The Morgan fingerprint density at radius 1 is 1.38 bits per heavy atom. The number of anilines is 1. The van der Waals surface area contributed by atoms with Crippen molar-refractivity contribution in [2.75, 3.05) is 24.6 Å². The predicted octanol–water partition coefficient (Wildman–Crippen LogP) is 2.43. The van der Waals surface area contributed by atoms with Gasteiger partial charge in [0.15, 0.2) is 0 Å². The molecular formula is C17H18F2N4O2S. The molecule has 5 rings (SSSR count). The lowest BCUT2D eigenvalue weighted by atomic mass is 9.97. The van der Waals surface area contributed by atoms with E-state index in [4.69, 9.17) is 4.74 Å². The Labute approximate surface area is 152 Å². The number of aromatic nitrogens is 2. The third kappa shape index (κ3) is 2.52. The normalized spacial score (nSPS) is 27.2. The van der Waals surface area contributed by atoms with Crippen LogP contribution in [-0.4, -0.2) is 53.9 Å².